The Bertz CT molecular complexity index is 368. The number of nitrogens with one attached hydrogen (secondary N) is 1. The molecular formula is C12H22N4O3. The third-order valence-corrected chi connectivity index (χ3v) is 2.76. The van der Waals surface area contributed by atoms with Gasteiger partial charge in [-0.3, -0.25) is 9.59 Å². The van der Waals surface area contributed by atoms with Crippen LogP contribution in [0.1, 0.15) is 13.8 Å². The molecule has 0 unspecified atom stereocenters. The highest BCUT2D eigenvalue weighted by Crippen LogP contribution is 2.05. The normalized spacial score (nSPS) is 15.7. The number of carbonyl (C=O) groups is 3. The predicted molar refractivity (Wildman–Crippen MR) is 70.5 cm³/mol. The first-order chi connectivity index (χ1) is 8.81. The lowest BCUT2D eigenvalue weighted by molar-refractivity contribution is -0.139. The molecule has 1 aliphatic rings. The van der Waals surface area contributed by atoms with Crippen molar-refractivity contribution in [2.45, 2.75) is 19.9 Å². The van der Waals surface area contributed by atoms with E-state index in [2.05, 4.69) is 5.32 Å². The number of piperazine rings is 1. The van der Waals surface area contributed by atoms with E-state index in [-0.39, 0.29) is 37.0 Å². The summed E-state index contributed by atoms with van der Waals surface area (Å²) in [5.74, 6) is -0.365. The number of carbonyl (C=O) groups excluding carboxylic acids is 3. The molecule has 0 aliphatic carbocycles. The van der Waals surface area contributed by atoms with Crippen LogP contribution in [0.5, 0.6) is 0 Å². The molecule has 1 N–H and O–H groups in total. The summed E-state index contributed by atoms with van der Waals surface area (Å²) in [6, 6.07) is -0.126. The van der Waals surface area contributed by atoms with E-state index in [1.54, 1.807) is 14.1 Å². The predicted octanol–water partition coefficient (Wildman–Crippen LogP) is -0.663. The minimum Gasteiger partial charge on any atom is -0.352 e. The molecule has 1 aliphatic heterocycles. The Kier molecular flexibility index (Phi) is 5.14. The highest BCUT2D eigenvalue weighted by molar-refractivity contribution is 5.88. The Hall–Kier alpha value is -1.79. The summed E-state index contributed by atoms with van der Waals surface area (Å²) in [5, 5.41) is 2.74. The zero-order valence-electron chi connectivity index (χ0n) is 12.0. The molecule has 19 heavy (non-hydrogen) atoms. The minimum absolute atomic E-state index is 0.0337. The zero-order valence-corrected chi connectivity index (χ0v) is 12.0. The third kappa shape index (κ3) is 4.42. The van der Waals surface area contributed by atoms with Crippen LogP contribution in [0, 0.1) is 0 Å². The van der Waals surface area contributed by atoms with Crippen LogP contribution in [-0.4, -0.2) is 78.9 Å². The highest BCUT2D eigenvalue weighted by Gasteiger charge is 2.28. The summed E-state index contributed by atoms with van der Waals surface area (Å²) in [4.78, 5) is 39.6. The fourth-order valence-corrected chi connectivity index (χ4v) is 1.86. The van der Waals surface area contributed by atoms with Crippen molar-refractivity contribution in [1.82, 2.24) is 20.0 Å². The van der Waals surface area contributed by atoms with E-state index in [1.807, 2.05) is 13.8 Å². The summed E-state index contributed by atoms with van der Waals surface area (Å²) in [6.07, 6.45) is 0. The van der Waals surface area contributed by atoms with Crippen LogP contribution in [0.25, 0.3) is 0 Å². The molecule has 7 nitrogen and oxygen atoms in total. The number of nitrogens with zero attached hydrogens (tertiary/aromatic N) is 3. The molecule has 0 spiro atoms. The number of urea groups is 1. The second-order valence-electron chi connectivity index (χ2n) is 5.14. The van der Waals surface area contributed by atoms with Gasteiger partial charge in [-0.15, -0.1) is 0 Å². The molecule has 0 aromatic carbocycles. The first-order valence-electron chi connectivity index (χ1n) is 6.34. The van der Waals surface area contributed by atoms with Crippen molar-refractivity contribution in [2.75, 3.05) is 40.3 Å². The van der Waals surface area contributed by atoms with Crippen LogP contribution in [0.4, 0.5) is 4.79 Å². The van der Waals surface area contributed by atoms with E-state index in [0.717, 1.165) is 0 Å². The first-order valence-corrected chi connectivity index (χ1v) is 6.34. The van der Waals surface area contributed by atoms with Gasteiger partial charge in [0.1, 0.15) is 6.54 Å². The maximum absolute atomic E-state index is 11.9. The fraction of sp³-hybridized carbons (Fsp3) is 0.750. The summed E-state index contributed by atoms with van der Waals surface area (Å²) >= 11 is 0. The second kappa shape index (κ2) is 6.40. The number of rotatable bonds is 3. The van der Waals surface area contributed by atoms with Gasteiger partial charge in [-0.1, -0.05) is 0 Å². The van der Waals surface area contributed by atoms with Crippen LogP contribution in [-0.2, 0) is 9.59 Å². The van der Waals surface area contributed by atoms with E-state index in [1.165, 1.54) is 14.7 Å². The van der Waals surface area contributed by atoms with Gasteiger partial charge < -0.3 is 20.0 Å². The zero-order chi connectivity index (χ0) is 14.6. The lowest BCUT2D eigenvalue weighted by atomic mass is 10.3. The Balaban J connectivity index is 2.49. The molecule has 1 fully saturated rings. The molecule has 1 rings (SSSR count). The molecule has 4 amide bonds. The Labute approximate surface area is 113 Å². The minimum atomic E-state index is -0.194. The van der Waals surface area contributed by atoms with Crippen molar-refractivity contribution in [1.29, 1.82) is 0 Å². The van der Waals surface area contributed by atoms with Gasteiger partial charge in [0.05, 0.1) is 6.54 Å². The number of hydrogen-bond donors (Lipinski definition) is 1. The third-order valence-electron chi connectivity index (χ3n) is 2.76. The maximum atomic E-state index is 11.9. The average Bonchev–Trinajstić information content (AvgIpc) is 2.29. The summed E-state index contributed by atoms with van der Waals surface area (Å²) in [6.45, 7) is 4.68. The van der Waals surface area contributed by atoms with Gasteiger partial charge in [0, 0.05) is 33.2 Å². The van der Waals surface area contributed by atoms with Crippen LogP contribution >= 0.6 is 0 Å². The van der Waals surface area contributed by atoms with Gasteiger partial charge >= 0.3 is 6.03 Å². The lowest BCUT2D eigenvalue weighted by Crippen LogP contribution is -2.56. The highest BCUT2D eigenvalue weighted by atomic mass is 16.2. The van der Waals surface area contributed by atoms with Gasteiger partial charge in [0.15, 0.2) is 0 Å². The van der Waals surface area contributed by atoms with Gasteiger partial charge in [0.2, 0.25) is 11.8 Å². The van der Waals surface area contributed by atoms with Crippen LogP contribution in [0.15, 0.2) is 0 Å². The molecule has 108 valence electrons. The number of hydrogen-bond acceptors (Lipinski definition) is 3. The molecule has 7 heteroatoms. The molecule has 0 saturated carbocycles. The van der Waals surface area contributed by atoms with Crippen molar-refractivity contribution < 1.29 is 14.4 Å². The van der Waals surface area contributed by atoms with Gasteiger partial charge in [-0.25, -0.2) is 4.79 Å². The average molecular weight is 270 g/mol. The standard InChI is InChI=1S/C12H22N4O3/c1-9(2)13-10(17)7-15-5-6-16(8-11(15)18)12(19)14(3)4/h9H,5-8H2,1-4H3,(H,13,17). The van der Waals surface area contributed by atoms with Gasteiger partial charge in [0.25, 0.3) is 0 Å². The van der Waals surface area contributed by atoms with Crippen LogP contribution in [0.2, 0.25) is 0 Å². The largest absolute Gasteiger partial charge is 0.352 e. The molecule has 0 aromatic rings. The molecular weight excluding hydrogens is 248 g/mol. The molecule has 0 atom stereocenters. The molecule has 1 heterocycles. The smallest absolute Gasteiger partial charge is 0.320 e. The summed E-state index contributed by atoms with van der Waals surface area (Å²) < 4.78 is 0. The molecule has 0 radical (unpaired) electrons. The van der Waals surface area contributed by atoms with Crippen molar-refractivity contribution >= 4 is 17.8 Å². The SMILES string of the molecule is CC(C)NC(=O)CN1CCN(C(=O)N(C)C)CC1=O. The van der Waals surface area contributed by atoms with Crippen molar-refractivity contribution in [3.63, 3.8) is 0 Å². The van der Waals surface area contributed by atoms with E-state index in [4.69, 9.17) is 0 Å². The van der Waals surface area contributed by atoms with E-state index in [9.17, 15) is 14.4 Å². The van der Waals surface area contributed by atoms with E-state index < -0.39 is 0 Å². The Morgan fingerprint density at radius 1 is 1.32 bits per heavy atom. The first kappa shape index (κ1) is 15.3. The molecule has 0 bridgehead atoms. The Morgan fingerprint density at radius 3 is 2.42 bits per heavy atom. The van der Waals surface area contributed by atoms with Crippen molar-refractivity contribution in [3.05, 3.63) is 0 Å². The topological polar surface area (TPSA) is 73.0 Å². The summed E-state index contributed by atoms with van der Waals surface area (Å²) in [5.41, 5.74) is 0. The lowest BCUT2D eigenvalue weighted by Gasteiger charge is -2.35. The van der Waals surface area contributed by atoms with Gasteiger partial charge in [-0.2, -0.15) is 0 Å². The van der Waals surface area contributed by atoms with E-state index in [0.29, 0.717) is 13.1 Å². The monoisotopic (exact) mass is 270 g/mol. The number of amides is 4. The maximum Gasteiger partial charge on any atom is 0.320 e. The van der Waals surface area contributed by atoms with Crippen molar-refractivity contribution in [2.24, 2.45) is 0 Å². The Morgan fingerprint density at radius 2 is 1.95 bits per heavy atom. The van der Waals surface area contributed by atoms with Crippen LogP contribution in [0.3, 0.4) is 0 Å². The van der Waals surface area contributed by atoms with Crippen molar-refractivity contribution in [3.8, 4) is 0 Å². The summed E-state index contributed by atoms with van der Waals surface area (Å²) in [7, 11) is 3.30. The second-order valence-corrected chi connectivity index (χ2v) is 5.14. The van der Waals surface area contributed by atoms with Crippen LogP contribution < -0.4 is 5.32 Å². The van der Waals surface area contributed by atoms with Gasteiger partial charge in [-0.05, 0) is 13.8 Å². The molecule has 0 aromatic heterocycles. The fourth-order valence-electron chi connectivity index (χ4n) is 1.86. The molecule has 1 saturated heterocycles. The quantitative estimate of drug-likeness (QED) is 0.739. The van der Waals surface area contributed by atoms with E-state index >= 15 is 0 Å².